The van der Waals surface area contributed by atoms with E-state index in [2.05, 4.69) is 17.4 Å². The van der Waals surface area contributed by atoms with E-state index in [4.69, 9.17) is 0 Å². The van der Waals surface area contributed by atoms with Crippen LogP contribution in [0.5, 0.6) is 0 Å². The first-order chi connectivity index (χ1) is 9.86. The monoisotopic (exact) mass is 289 g/mol. The fraction of sp³-hybridized carbons (Fsp3) is 0.333. The molecule has 2 aromatic carbocycles. The third-order valence-corrected chi connectivity index (χ3v) is 3.93. The molecule has 3 heteroatoms. The topological polar surface area (TPSA) is 12.0 Å². The van der Waals surface area contributed by atoms with E-state index in [9.17, 15) is 8.78 Å². The first-order valence-corrected chi connectivity index (χ1v) is 7.06. The van der Waals surface area contributed by atoms with Crippen molar-refractivity contribution in [3.63, 3.8) is 0 Å². The highest BCUT2D eigenvalue weighted by Gasteiger charge is 2.22. The van der Waals surface area contributed by atoms with Gasteiger partial charge in [0.1, 0.15) is 0 Å². The lowest BCUT2D eigenvalue weighted by Gasteiger charge is -2.23. The van der Waals surface area contributed by atoms with Gasteiger partial charge in [-0.15, -0.1) is 0 Å². The molecule has 0 aliphatic heterocycles. The summed E-state index contributed by atoms with van der Waals surface area (Å²) in [6.45, 7) is 7.60. The van der Waals surface area contributed by atoms with Gasteiger partial charge in [-0.3, -0.25) is 0 Å². The van der Waals surface area contributed by atoms with Crippen LogP contribution in [0, 0.1) is 39.3 Å². The SMILES string of the molecule is CNC(c1ccc(C)c(F)c1F)c1c(C)cc(C)cc1C. The Morgan fingerprint density at radius 3 is 1.95 bits per heavy atom. The number of rotatable bonds is 3. The zero-order valence-electron chi connectivity index (χ0n) is 13.1. The minimum Gasteiger partial charge on any atom is -0.309 e. The second-order valence-electron chi connectivity index (χ2n) is 5.63. The van der Waals surface area contributed by atoms with Crippen molar-refractivity contribution in [2.24, 2.45) is 0 Å². The fourth-order valence-electron chi connectivity index (χ4n) is 2.99. The van der Waals surface area contributed by atoms with Crippen LogP contribution >= 0.6 is 0 Å². The number of halogens is 2. The average Bonchev–Trinajstić information content (AvgIpc) is 2.41. The van der Waals surface area contributed by atoms with Gasteiger partial charge in [-0.05, 0) is 57.0 Å². The number of hydrogen-bond acceptors (Lipinski definition) is 1. The van der Waals surface area contributed by atoms with Crippen molar-refractivity contribution in [1.29, 1.82) is 0 Å². The fourth-order valence-corrected chi connectivity index (χ4v) is 2.99. The average molecular weight is 289 g/mol. The van der Waals surface area contributed by atoms with Crippen LogP contribution in [0.25, 0.3) is 0 Å². The van der Waals surface area contributed by atoms with Gasteiger partial charge >= 0.3 is 0 Å². The first-order valence-electron chi connectivity index (χ1n) is 7.06. The van der Waals surface area contributed by atoms with Crippen molar-refractivity contribution in [2.45, 2.75) is 33.7 Å². The summed E-state index contributed by atoms with van der Waals surface area (Å²) in [7, 11) is 1.76. The summed E-state index contributed by atoms with van der Waals surface area (Å²) in [6.07, 6.45) is 0. The van der Waals surface area contributed by atoms with Gasteiger partial charge in [0.05, 0.1) is 6.04 Å². The van der Waals surface area contributed by atoms with Crippen molar-refractivity contribution in [2.75, 3.05) is 7.05 Å². The predicted octanol–water partition coefficient (Wildman–Crippen LogP) is 4.51. The Balaban J connectivity index is 2.64. The van der Waals surface area contributed by atoms with Crippen LogP contribution in [0.2, 0.25) is 0 Å². The Morgan fingerprint density at radius 1 is 0.857 bits per heavy atom. The van der Waals surface area contributed by atoms with Crippen LogP contribution in [0.1, 0.15) is 39.4 Å². The molecule has 21 heavy (non-hydrogen) atoms. The number of nitrogens with one attached hydrogen (secondary N) is 1. The minimum absolute atomic E-state index is 0.323. The van der Waals surface area contributed by atoms with Gasteiger partial charge in [-0.25, -0.2) is 8.78 Å². The smallest absolute Gasteiger partial charge is 0.164 e. The van der Waals surface area contributed by atoms with Crippen molar-refractivity contribution in [3.8, 4) is 0 Å². The number of benzene rings is 2. The Kier molecular flexibility index (Phi) is 4.43. The van der Waals surface area contributed by atoms with Crippen molar-refractivity contribution in [3.05, 3.63) is 69.3 Å². The largest absolute Gasteiger partial charge is 0.309 e. The summed E-state index contributed by atoms with van der Waals surface area (Å²) in [5, 5.41) is 3.12. The zero-order chi connectivity index (χ0) is 15.7. The van der Waals surface area contributed by atoms with E-state index >= 15 is 0 Å². The van der Waals surface area contributed by atoms with E-state index in [-0.39, 0.29) is 6.04 Å². The van der Waals surface area contributed by atoms with Gasteiger partial charge in [-0.2, -0.15) is 0 Å². The third-order valence-electron chi connectivity index (χ3n) is 3.93. The molecule has 1 atom stereocenters. The quantitative estimate of drug-likeness (QED) is 0.876. The van der Waals surface area contributed by atoms with Crippen LogP contribution < -0.4 is 5.32 Å². The molecule has 2 aromatic rings. The molecule has 1 nitrogen and oxygen atoms in total. The Morgan fingerprint density at radius 2 is 1.43 bits per heavy atom. The van der Waals surface area contributed by atoms with Crippen LogP contribution in [0.4, 0.5) is 8.78 Å². The molecule has 0 radical (unpaired) electrons. The molecule has 0 amide bonds. The maximum Gasteiger partial charge on any atom is 0.164 e. The lowest BCUT2D eigenvalue weighted by Crippen LogP contribution is -2.22. The lowest BCUT2D eigenvalue weighted by atomic mass is 9.89. The summed E-state index contributed by atoms with van der Waals surface area (Å²) in [5.74, 6) is -1.54. The van der Waals surface area contributed by atoms with Gasteiger partial charge in [0, 0.05) is 5.56 Å². The minimum atomic E-state index is -0.770. The summed E-state index contributed by atoms with van der Waals surface area (Å²) in [5.41, 5.74) is 4.99. The molecular weight excluding hydrogens is 268 g/mol. The Bertz CT molecular complexity index is 654. The summed E-state index contributed by atoms with van der Waals surface area (Å²) >= 11 is 0. The standard InChI is InChI=1S/C18H21F2N/c1-10-8-12(3)15(13(4)9-10)18(21-5)14-7-6-11(2)16(19)17(14)20/h6-9,18,21H,1-5H3. The zero-order valence-corrected chi connectivity index (χ0v) is 13.1. The molecule has 1 unspecified atom stereocenters. The normalized spacial score (nSPS) is 12.5. The van der Waals surface area contributed by atoms with E-state index in [1.165, 1.54) is 5.56 Å². The van der Waals surface area contributed by atoms with Crippen LogP contribution in [0.3, 0.4) is 0 Å². The van der Waals surface area contributed by atoms with E-state index in [1.807, 2.05) is 20.8 Å². The van der Waals surface area contributed by atoms with Crippen LogP contribution in [0.15, 0.2) is 24.3 Å². The molecule has 0 aliphatic carbocycles. The highest BCUT2D eigenvalue weighted by atomic mass is 19.2. The molecule has 0 spiro atoms. The molecule has 2 rings (SSSR count). The molecule has 0 fully saturated rings. The molecule has 0 aromatic heterocycles. The molecule has 0 heterocycles. The summed E-state index contributed by atoms with van der Waals surface area (Å²) in [4.78, 5) is 0. The van der Waals surface area contributed by atoms with E-state index < -0.39 is 11.6 Å². The number of hydrogen-bond donors (Lipinski definition) is 1. The third kappa shape index (κ3) is 2.84. The molecule has 0 saturated heterocycles. The van der Waals surface area contributed by atoms with Crippen LogP contribution in [-0.2, 0) is 0 Å². The molecule has 0 saturated carbocycles. The lowest BCUT2D eigenvalue weighted by molar-refractivity contribution is 0.482. The summed E-state index contributed by atoms with van der Waals surface area (Å²) < 4.78 is 28.2. The van der Waals surface area contributed by atoms with E-state index in [0.29, 0.717) is 11.1 Å². The number of aryl methyl sites for hydroxylation is 4. The first kappa shape index (κ1) is 15.6. The molecule has 0 bridgehead atoms. The van der Waals surface area contributed by atoms with Gasteiger partial charge in [0.15, 0.2) is 11.6 Å². The van der Waals surface area contributed by atoms with E-state index in [1.54, 1.807) is 26.1 Å². The van der Waals surface area contributed by atoms with Gasteiger partial charge < -0.3 is 5.32 Å². The maximum absolute atomic E-state index is 14.3. The Hall–Kier alpha value is -1.74. The predicted molar refractivity (Wildman–Crippen MR) is 82.7 cm³/mol. The molecule has 1 N–H and O–H groups in total. The molecule has 112 valence electrons. The van der Waals surface area contributed by atoms with Crippen molar-refractivity contribution in [1.82, 2.24) is 5.32 Å². The molecular formula is C18H21F2N. The van der Waals surface area contributed by atoms with Gasteiger partial charge in [0.2, 0.25) is 0 Å². The highest BCUT2D eigenvalue weighted by molar-refractivity contribution is 5.45. The van der Waals surface area contributed by atoms with Gasteiger partial charge in [-0.1, -0.05) is 29.8 Å². The molecule has 0 aliphatic rings. The van der Waals surface area contributed by atoms with Crippen molar-refractivity contribution < 1.29 is 8.78 Å². The maximum atomic E-state index is 14.3. The van der Waals surface area contributed by atoms with Crippen molar-refractivity contribution >= 4 is 0 Å². The van der Waals surface area contributed by atoms with Gasteiger partial charge in [0.25, 0.3) is 0 Å². The highest BCUT2D eigenvalue weighted by Crippen LogP contribution is 2.31. The van der Waals surface area contributed by atoms with E-state index in [0.717, 1.165) is 16.7 Å². The second-order valence-corrected chi connectivity index (χ2v) is 5.63. The van der Waals surface area contributed by atoms with Crippen LogP contribution in [-0.4, -0.2) is 7.05 Å². The Labute approximate surface area is 125 Å². The second kappa shape index (κ2) is 5.94. The summed E-state index contributed by atoms with van der Waals surface area (Å²) in [6, 6.07) is 7.05.